The van der Waals surface area contributed by atoms with Gasteiger partial charge in [0.2, 0.25) is 0 Å². The zero-order valence-electron chi connectivity index (χ0n) is 8.92. The SMILES string of the molecule is CC(C)(C)SN=Cc1cccc(Cl)c1F. The van der Waals surface area contributed by atoms with Gasteiger partial charge in [-0.3, -0.25) is 0 Å². The molecule has 0 unspecified atom stereocenters. The van der Waals surface area contributed by atoms with Gasteiger partial charge in [-0.15, -0.1) is 0 Å². The fraction of sp³-hybridized carbons (Fsp3) is 0.364. The number of hydrogen-bond donors (Lipinski definition) is 0. The summed E-state index contributed by atoms with van der Waals surface area (Å²) < 4.78 is 17.5. The van der Waals surface area contributed by atoms with E-state index < -0.39 is 5.82 Å². The molecular formula is C11H13ClFNS. The van der Waals surface area contributed by atoms with Gasteiger partial charge in [-0.1, -0.05) is 23.7 Å². The lowest BCUT2D eigenvalue weighted by atomic mass is 10.2. The van der Waals surface area contributed by atoms with E-state index >= 15 is 0 Å². The molecule has 4 heteroatoms. The van der Waals surface area contributed by atoms with Crippen LogP contribution in [-0.4, -0.2) is 11.0 Å². The molecule has 0 atom stereocenters. The molecule has 1 aromatic rings. The Morgan fingerprint density at radius 3 is 2.67 bits per heavy atom. The molecular weight excluding hydrogens is 233 g/mol. The van der Waals surface area contributed by atoms with Crippen LogP contribution in [0.15, 0.2) is 22.6 Å². The van der Waals surface area contributed by atoms with Gasteiger partial charge in [-0.05, 0) is 38.8 Å². The summed E-state index contributed by atoms with van der Waals surface area (Å²) in [7, 11) is 0. The van der Waals surface area contributed by atoms with Gasteiger partial charge in [-0.2, -0.15) is 0 Å². The molecule has 0 aliphatic rings. The highest BCUT2D eigenvalue weighted by Gasteiger charge is 2.09. The van der Waals surface area contributed by atoms with Crippen LogP contribution < -0.4 is 0 Å². The zero-order chi connectivity index (χ0) is 11.5. The molecule has 0 bridgehead atoms. The molecule has 0 fully saturated rings. The molecule has 0 saturated heterocycles. The third-order valence-corrected chi connectivity index (χ3v) is 2.55. The largest absolute Gasteiger partial charge is 0.223 e. The standard InChI is InChI=1S/C11H13ClFNS/c1-11(2,3)15-14-7-8-5-4-6-9(12)10(8)13/h4-7H,1-3H3. The van der Waals surface area contributed by atoms with Crippen LogP contribution >= 0.6 is 23.5 Å². The van der Waals surface area contributed by atoms with Crippen LogP contribution in [-0.2, 0) is 0 Å². The molecule has 0 amide bonds. The summed E-state index contributed by atoms with van der Waals surface area (Å²) in [6, 6.07) is 4.87. The topological polar surface area (TPSA) is 12.4 Å². The van der Waals surface area contributed by atoms with E-state index in [2.05, 4.69) is 4.40 Å². The Labute approximate surface area is 98.9 Å². The van der Waals surface area contributed by atoms with Gasteiger partial charge in [0.05, 0.1) is 5.02 Å². The average molecular weight is 246 g/mol. The fourth-order valence-electron chi connectivity index (χ4n) is 0.861. The number of halogens is 2. The van der Waals surface area contributed by atoms with Gasteiger partial charge in [0, 0.05) is 16.5 Å². The Hall–Kier alpha value is -0.540. The second-order valence-electron chi connectivity index (χ2n) is 4.08. The first-order valence-electron chi connectivity index (χ1n) is 4.56. The van der Waals surface area contributed by atoms with Crippen molar-refractivity contribution in [1.82, 2.24) is 0 Å². The minimum atomic E-state index is -0.419. The van der Waals surface area contributed by atoms with E-state index in [1.807, 2.05) is 20.8 Å². The van der Waals surface area contributed by atoms with Gasteiger partial charge in [-0.25, -0.2) is 8.79 Å². The van der Waals surface area contributed by atoms with Gasteiger partial charge >= 0.3 is 0 Å². The summed E-state index contributed by atoms with van der Waals surface area (Å²) in [5.74, 6) is -0.419. The first kappa shape index (κ1) is 12.5. The van der Waals surface area contributed by atoms with Crippen molar-refractivity contribution in [2.24, 2.45) is 4.40 Å². The van der Waals surface area contributed by atoms with Crippen molar-refractivity contribution in [2.45, 2.75) is 25.5 Å². The summed E-state index contributed by atoms with van der Waals surface area (Å²) in [4.78, 5) is 0. The number of benzene rings is 1. The van der Waals surface area contributed by atoms with Crippen molar-refractivity contribution in [3.8, 4) is 0 Å². The van der Waals surface area contributed by atoms with Crippen LogP contribution in [0.1, 0.15) is 26.3 Å². The summed E-state index contributed by atoms with van der Waals surface area (Å²) in [5.41, 5.74) is 0.416. The zero-order valence-corrected chi connectivity index (χ0v) is 10.5. The van der Waals surface area contributed by atoms with Crippen LogP contribution in [0, 0.1) is 5.82 Å². The van der Waals surface area contributed by atoms with E-state index in [0.29, 0.717) is 5.56 Å². The highest BCUT2D eigenvalue weighted by Crippen LogP contribution is 2.24. The van der Waals surface area contributed by atoms with Crippen molar-refractivity contribution in [3.05, 3.63) is 34.6 Å². The van der Waals surface area contributed by atoms with Crippen LogP contribution in [0.5, 0.6) is 0 Å². The maximum absolute atomic E-state index is 13.4. The molecule has 0 aliphatic carbocycles. The van der Waals surface area contributed by atoms with Crippen molar-refractivity contribution in [2.75, 3.05) is 0 Å². The predicted octanol–water partition coefficient (Wildman–Crippen LogP) is 4.34. The minimum absolute atomic E-state index is 0.0333. The predicted molar refractivity (Wildman–Crippen MR) is 66.3 cm³/mol. The first-order valence-corrected chi connectivity index (χ1v) is 5.71. The Kier molecular flexibility index (Phi) is 4.17. The van der Waals surface area contributed by atoms with Crippen LogP contribution in [0.25, 0.3) is 0 Å². The minimum Gasteiger partial charge on any atom is -0.223 e. The van der Waals surface area contributed by atoms with Crippen molar-refractivity contribution in [3.63, 3.8) is 0 Å². The van der Waals surface area contributed by atoms with Gasteiger partial charge in [0.15, 0.2) is 5.82 Å². The number of hydrogen-bond acceptors (Lipinski definition) is 2. The van der Waals surface area contributed by atoms with Crippen molar-refractivity contribution >= 4 is 29.8 Å². The van der Waals surface area contributed by atoms with Gasteiger partial charge in [0.25, 0.3) is 0 Å². The van der Waals surface area contributed by atoms with E-state index in [9.17, 15) is 4.39 Å². The molecule has 1 aromatic carbocycles. The monoisotopic (exact) mass is 245 g/mol. The normalized spacial score (nSPS) is 12.3. The van der Waals surface area contributed by atoms with Crippen molar-refractivity contribution < 1.29 is 4.39 Å². The maximum Gasteiger partial charge on any atom is 0.150 e. The van der Waals surface area contributed by atoms with Crippen LogP contribution in [0.3, 0.4) is 0 Å². The molecule has 1 nitrogen and oxygen atoms in total. The summed E-state index contributed by atoms with van der Waals surface area (Å²) in [6.07, 6.45) is 1.50. The van der Waals surface area contributed by atoms with Crippen LogP contribution in [0.4, 0.5) is 4.39 Å². The molecule has 1 rings (SSSR count). The first-order chi connectivity index (χ1) is 6.90. The van der Waals surface area contributed by atoms with Crippen LogP contribution in [0.2, 0.25) is 5.02 Å². The summed E-state index contributed by atoms with van der Waals surface area (Å²) >= 11 is 7.04. The quantitative estimate of drug-likeness (QED) is 0.558. The average Bonchev–Trinajstić information content (AvgIpc) is 2.10. The summed E-state index contributed by atoms with van der Waals surface area (Å²) in [5, 5.41) is 0.125. The summed E-state index contributed by atoms with van der Waals surface area (Å²) in [6.45, 7) is 6.13. The number of rotatable bonds is 2. The third-order valence-electron chi connectivity index (χ3n) is 1.50. The van der Waals surface area contributed by atoms with Gasteiger partial charge < -0.3 is 0 Å². The molecule has 0 N–H and O–H groups in total. The molecule has 15 heavy (non-hydrogen) atoms. The Morgan fingerprint density at radius 2 is 2.07 bits per heavy atom. The molecule has 0 spiro atoms. The highest BCUT2D eigenvalue weighted by atomic mass is 35.5. The van der Waals surface area contributed by atoms with E-state index in [-0.39, 0.29) is 9.77 Å². The molecule has 0 radical (unpaired) electrons. The molecule has 0 saturated carbocycles. The van der Waals surface area contributed by atoms with E-state index in [0.717, 1.165) is 0 Å². The van der Waals surface area contributed by atoms with E-state index in [1.54, 1.807) is 12.1 Å². The van der Waals surface area contributed by atoms with Gasteiger partial charge in [0.1, 0.15) is 0 Å². The smallest absolute Gasteiger partial charge is 0.150 e. The lowest BCUT2D eigenvalue weighted by molar-refractivity contribution is 0.626. The molecule has 0 aliphatic heterocycles. The fourth-order valence-corrected chi connectivity index (χ4v) is 1.53. The Bertz CT molecular complexity index is 371. The second-order valence-corrected chi connectivity index (χ2v) is 6.11. The van der Waals surface area contributed by atoms with E-state index in [4.69, 9.17) is 11.6 Å². The second kappa shape index (κ2) is 4.99. The molecule has 0 aromatic heterocycles. The van der Waals surface area contributed by atoms with E-state index in [1.165, 1.54) is 24.2 Å². The number of nitrogens with zero attached hydrogens (tertiary/aromatic N) is 1. The maximum atomic E-state index is 13.4. The Balaban J connectivity index is 2.77. The van der Waals surface area contributed by atoms with Crippen molar-refractivity contribution in [1.29, 1.82) is 0 Å². The molecule has 82 valence electrons. The lowest BCUT2D eigenvalue weighted by Crippen LogP contribution is -2.05. The third kappa shape index (κ3) is 4.22. The Morgan fingerprint density at radius 1 is 1.40 bits per heavy atom. The highest BCUT2D eigenvalue weighted by molar-refractivity contribution is 7.99. The lowest BCUT2D eigenvalue weighted by Gasteiger charge is -2.12. The molecule has 0 heterocycles.